The average Bonchev–Trinajstić information content (AvgIpc) is 2.01. The SMILES string of the molecule is CCNCC(C)(O)C(C)COC. The van der Waals surface area contributed by atoms with E-state index in [0.717, 1.165) is 6.54 Å². The van der Waals surface area contributed by atoms with Crippen molar-refractivity contribution in [2.24, 2.45) is 5.92 Å². The second-order valence-corrected chi connectivity index (χ2v) is 3.49. The molecule has 0 aliphatic heterocycles. The summed E-state index contributed by atoms with van der Waals surface area (Å²) in [5.74, 6) is 0.154. The van der Waals surface area contributed by atoms with Crippen LogP contribution in [0.15, 0.2) is 0 Å². The van der Waals surface area contributed by atoms with Gasteiger partial charge >= 0.3 is 0 Å². The number of nitrogens with one attached hydrogen (secondary N) is 1. The van der Waals surface area contributed by atoms with E-state index in [9.17, 15) is 5.11 Å². The topological polar surface area (TPSA) is 41.5 Å². The minimum Gasteiger partial charge on any atom is -0.388 e. The van der Waals surface area contributed by atoms with Gasteiger partial charge in [-0.1, -0.05) is 13.8 Å². The minimum absolute atomic E-state index is 0.154. The minimum atomic E-state index is -0.675. The van der Waals surface area contributed by atoms with E-state index in [4.69, 9.17) is 4.74 Å². The fourth-order valence-electron chi connectivity index (χ4n) is 0.982. The van der Waals surface area contributed by atoms with Crippen LogP contribution < -0.4 is 5.32 Å². The third-order valence-corrected chi connectivity index (χ3v) is 2.21. The highest BCUT2D eigenvalue weighted by Crippen LogP contribution is 2.15. The molecule has 0 rings (SSSR count). The van der Waals surface area contributed by atoms with Crippen LogP contribution in [0, 0.1) is 5.92 Å². The first-order valence-corrected chi connectivity index (χ1v) is 4.46. The van der Waals surface area contributed by atoms with Crippen molar-refractivity contribution in [2.45, 2.75) is 26.4 Å². The van der Waals surface area contributed by atoms with E-state index in [1.165, 1.54) is 0 Å². The van der Waals surface area contributed by atoms with Gasteiger partial charge in [0, 0.05) is 19.6 Å². The van der Waals surface area contributed by atoms with Gasteiger partial charge in [-0.15, -0.1) is 0 Å². The average molecular weight is 175 g/mol. The van der Waals surface area contributed by atoms with Gasteiger partial charge in [-0.2, -0.15) is 0 Å². The highest BCUT2D eigenvalue weighted by atomic mass is 16.5. The van der Waals surface area contributed by atoms with Gasteiger partial charge in [-0.3, -0.25) is 0 Å². The molecule has 0 aromatic carbocycles. The number of ether oxygens (including phenoxy) is 1. The molecule has 2 N–H and O–H groups in total. The van der Waals surface area contributed by atoms with Gasteiger partial charge in [-0.25, -0.2) is 0 Å². The maximum atomic E-state index is 9.90. The predicted molar refractivity (Wildman–Crippen MR) is 50.2 cm³/mol. The number of hydrogen-bond acceptors (Lipinski definition) is 3. The Labute approximate surface area is 75.1 Å². The zero-order valence-electron chi connectivity index (χ0n) is 8.55. The van der Waals surface area contributed by atoms with Crippen molar-refractivity contribution in [3.8, 4) is 0 Å². The van der Waals surface area contributed by atoms with Crippen molar-refractivity contribution in [3.63, 3.8) is 0 Å². The lowest BCUT2D eigenvalue weighted by Crippen LogP contribution is -2.44. The van der Waals surface area contributed by atoms with E-state index in [1.807, 2.05) is 20.8 Å². The molecule has 2 atom stereocenters. The Hall–Kier alpha value is -0.120. The standard InChI is InChI=1S/C9H21NO2/c1-5-10-7-9(3,11)8(2)6-12-4/h8,10-11H,5-7H2,1-4H3. The van der Waals surface area contributed by atoms with Gasteiger partial charge in [0.2, 0.25) is 0 Å². The lowest BCUT2D eigenvalue weighted by atomic mass is 9.91. The second kappa shape index (κ2) is 5.51. The van der Waals surface area contributed by atoms with Crippen LogP contribution in [0.2, 0.25) is 0 Å². The van der Waals surface area contributed by atoms with Crippen LogP contribution >= 0.6 is 0 Å². The molecule has 12 heavy (non-hydrogen) atoms. The molecule has 0 fully saturated rings. The van der Waals surface area contributed by atoms with Crippen LogP contribution in [-0.2, 0) is 4.74 Å². The third kappa shape index (κ3) is 4.04. The van der Waals surface area contributed by atoms with E-state index in [2.05, 4.69) is 5.32 Å². The van der Waals surface area contributed by atoms with Gasteiger partial charge < -0.3 is 15.2 Å². The number of hydrogen-bond donors (Lipinski definition) is 2. The van der Waals surface area contributed by atoms with E-state index in [1.54, 1.807) is 7.11 Å². The quantitative estimate of drug-likeness (QED) is 0.622. The molecule has 0 amide bonds. The molecule has 3 heteroatoms. The smallest absolute Gasteiger partial charge is 0.0790 e. The molecule has 0 spiro atoms. The zero-order chi connectivity index (χ0) is 9.61. The summed E-state index contributed by atoms with van der Waals surface area (Å²) in [6.45, 7) is 7.94. The molecule has 0 aliphatic rings. The lowest BCUT2D eigenvalue weighted by Gasteiger charge is -2.29. The van der Waals surface area contributed by atoms with Gasteiger partial charge in [-0.05, 0) is 13.5 Å². The number of rotatable bonds is 6. The van der Waals surface area contributed by atoms with Crippen molar-refractivity contribution in [2.75, 3.05) is 26.8 Å². The summed E-state index contributed by atoms with van der Waals surface area (Å²) in [5, 5.41) is 13.0. The van der Waals surface area contributed by atoms with Crippen LogP contribution in [-0.4, -0.2) is 37.5 Å². The molecule has 0 saturated heterocycles. The summed E-state index contributed by atoms with van der Waals surface area (Å²) in [6, 6.07) is 0. The number of methoxy groups -OCH3 is 1. The first-order valence-electron chi connectivity index (χ1n) is 4.46. The fourth-order valence-corrected chi connectivity index (χ4v) is 0.982. The Morgan fingerprint density at radius 2 is 2.17 bits per heavy atom. The Morgan fingerprint density at radius 1 is 1.58 bits per heavy atom. The second-order valence-electron chi connectivity index (χ2n) is 3.49. The summed E-state index contributed by atoms with van der Waals surface area (Å²) in [6.07, 6.45) is 0. The maximum Gasteiger partial charge on any atom is 0.0790 e. The van der Waals surface area contributed by atoms with Crippen molar-refractivity contribution in [1.29, 1.82) is 0 Å². The molecule has 0 heterocycles. The van der Waals surface area contributed by atoms with Crippen LogP contribution in [0.5, 0.6) is 0 Å². The predicted octanol–water partition coefficient (Wildman–Crippen LogP) is 0.629. The molecule has 0 aliphatic carbocycles. The van der Waals surface area contributed by atoms with Gasteiger partial charge in [0.25, 0.3) is 0 Å². The summed E-state index contributed by atoms with van der Waals surface area (Å²) in [5.41, 5.74) is -0.675. The van der Waals surface area contributed by atoms with Gasteiger partial charge in [0.05, 0.1) is 12.2 Å². The normalized spacial score (nSPS) is 18.8. The highest BCUT2D eigenvalue weighted by molar-refractivity contribution is 4.81. The third-order valence-electron chi connectivity index (χ3n) is 2.21. The lowest BCUT2D eigenvalue weighted by molar-refractivity contribution is -0.0235. The van der Waals surface area contributed by atoms with Crippen molar-refractivity contribution in [1.82, 2.24) is 5.32 Å². The molecule has 3 nitrogen and oxygen atoms in total. The molecular formula is C9H21NO2. The van der Waals surface area contributed by atoms with E-state index in [-0.39, 0.29) is 5.92 Å². The molecular weight excluding hydrogens is 154 g/mol. The largest absolute Gasteiger partial charge is 0.388 e. The first-order chi connectivity index (χ1) is 5.54. The first kappa shape index (κ1) is 11.9. The molecule has 0 radical (unpaired) electrons. The van der Waals surface area contributed by atoms with Crippen molar-refractivity contribution >= 4 is 0 Å². The molecule has 0 bridgehead atoms. The van der Waals surface area contributed by atoms with Gasteiger partial charge in [0.15, 0.2) is 0 Å². The van der Waals surface area contributed by atoms with Crippen LogP contribution in [0.1, 0.15) is 20.8 Å². The van der Waals surface area contributed by atoms with E-state index in [0.29, 0.717) is 13.2 Å². The summed E-state index contributed by atoms with van der Waals surface area (Å²) >= 11 is 0. The summed E-state index contributed by atoms with van der Waals surface area (Å²) in [7, 11) is 1.65. The van der Waals surface area contributed by atoms with E-state index < -0.39 is 5.60 Å². The monoisotopic (exact) mass is 175 g/mol. The Balaban J connectivity index is 3.81. The van der Waals surface area contributed by atoms with Crippen LogP contribution in [0.4, 0.5) is 0 Å². The number of aliphatic hydroxyl groups is 1. The van der Waals surface area contributed by atoms with Crippen molar-refractivity contribution < 1.29 is 9.84 Å². The maximum absolute atomic E-state index is 9.90. The molecule has 0 aromatic rings. The van der Waals surface area contributed by atoms with Gasteiger partial charge in [0.1, 0.15) is 0 Å². The molecule has 74 valence electrons. The Bertz CT molecular complexity index is 115. The van der Waals surface area contributed by atoms with Crippen molar-refractivity contribution in [3.05, 3.63) is 0 Å². The van der Waals surface area contributed by atoms with Crippen LogP contribution in [0.25, 0.3) is 0 Å². The van der Waals surface area contributed by atoms with E-state index >= 15 is 0 Å². The number of likely N-dealkylation sites (N-methyl/N-ethyl adjacent to an activating group) is 1. The van der Waals surface area contributed by atoms with Crippen LogP contribution in [0.3, 0.4) is 0 Å². The Morgan fingerprint density at radius 3 is 2.58 bits per heavy atom. The molecule has 0 saturated carbocycles. The summed E-state index contributed by atoms with van der Waals surface area (Å²) < 4.78 is 4.98. The molecule has 2 unspecified atom stereocenters. The highest BCUT2D eigenvalue weighted by Gasteiger charge is 2.27. The fraction of sp³-hybridized carbons (Fsp3) is 1.00. The summed E-state index contributed by atoms with van der Waals surface area (Å²) in [4.78, 5) is 0. The molecule has 0 aromatic heterocycles. The zero-order valence-corrected chi connectivity index (χ0v) is 8.55. The Kier molecular flexibility index (Phi) is 5.46.